The van der Waals surface area contributed by atoms with Gasteiger partial charge in [-0.25, -0.2) is 0 Å². The summed E-state index contributed by atoms with van der Waals surface area (Å²) in [5, 5.41) is 0. The fraction of sp³-hybridized carbons (Fsp3) is 0.600. The Kier molecular flexibility index (Phi) is 5.30. The molecule has 136 valence electrons. The van der Waals surface area contributed by atoms with Crippen LogP contribution in [0.4, 0.5) is 0 Å². The molecule has 0 radical (unpaired) electrons. The van der Waals surface area contributed by atoms with Gasteiger partial charge in [-0.2, -0.15) is 0 Å². The molecule has 2 heterocycles. The van der Waals surface area contributed by atoms with Crippen LogP contribution in [0.2, 0.25) is 0 Å². The van der Waals surface area contributed by atoms with Gasteiger partial charge in [-0.3, -0.25) is 9.59 Å². The maximum absolute atomic E-state index is 13.1. The summed E-state index contributed by atoms with van der Waals surface area (Å²) in [4.78, 5) is 26.9. The molecule has 1 aromatic heterocycles. The van der Waals surface area contributed by atoms with Crippen LogP contribution >= 0.6 is 0 Å². The van der Waals surface area contributed by atoms with Gasteiger partial charge in [0.25, 0.3) is 5.91 Å². The molecule has 0 spiro atoms. The number of hydrogen-bond acceptors (Lipinski definition) is 4. The van der Waals surface area contributed by atoms with Crippen LogP contribution in [0.15, 0.2) is 34.8 Å². The Bertz CT molecular complexity index is 639. The SMILES string of the molecule is CC1(C)CC(=O)C=C(C(=O)N(Cc2ccoc2)CC2CCCCC2)O1. The van der Waals surface area contributed by atoms with Crippen molar-refractivity contribution in [3.63, 3.8) is 0 Å². The third-order valence-corrected chi connectivity index (χ3v) is 4.93. The van der Waals surface area contributed by atoms with E-state index in [0.717, 1.165) is 18.4 Å². The lowest BCUT2D eigenvalue weighted by molar-refractivity contribution is -0.139. The van der Waals surface area contributed by atoms with Crippen LogP contribution in [0.5, 0.6) is 0 Å². The number of allylic oxidation sites excluding steroid dienone is 1. The van der Waals surface area contributed by atoms with Crippen molar-refractivity contribution >= 4 is 11.7 Å². The van der Waals surface area contributed by atoms with Crippen molar-refractivity contribution < 1.29 is 18.7 Å². The molecule has 0 aromatic carbocycles. The second kappa shape index (κ2) is 7.46. The van der Waals surface area contributed by atoms with E-state index in [1.807, 2.05) is 19.9 Å². The quantitative estimate of drug-likeness (QED) is 0.813. The first-order chi connectivity index (χ1) is 11.9. The zero-order valence-electron chi connectivity index (χ0n) is 15.1. The van der Waals surface area contributed by atoms with Gasteiger partial charge in [-0.05, 0) is 38.7 Å². The lowest BCUT2D eigenvalue weighted by Crippen LogP contribution is -2.41. The van der Waals surface area contributed by atoms with Crippen molar-refractivity contribution in [3.8, 4) is 0 Å². The van der Waals surface area contributed by atoms with Crippen molar-refractivity contribution in [1.82, 2.24) is 4.90 Å². The number of ketones is 1. The molecule has 0 atom stereocenters. The van der Waals surface area contributed by atoms with Crippen LogP contribution in [0.1, 0.15) is 57.9 Å². The third-order valence-electron chi connectivity index (χ3n) is 4.93. The minimum Gasteiger partial charge on any atom is -0.481 e. The summed E-state index contributed by atoms with van der Waals surface area (Å²) in [5.41, 5.74) is 0.314. The van der Waals surface area contributed by atoms with Crippen LogP contribution in [-0.2, 0) is 20.9 Å². The molecule has 0 bridgehead atoms. The smallest absolute Gasteiger partial charge is 0.289 e. The highest BCUT2D eigenvalue weighted by atomic mass is 16.5. The van der Waals surface area contributed by atoms with E-state index in [0.29, 0.717) is 25.4 Å². The number of carbonyl (C=O) groups excluding carboxylic acids is 2. The molecular weight excluding hydrogens is 318 g/mol. The van der Waals surface area contributed by atoms with Gasteiger partial charge in [-0.1, -0.05) is 19.3 Å². The number of amides is 1. The molecule has 1 aliphatic heterocycles. The maximum Gasteiger partial charge on any atom is 0.289 e. The van der Waals surface area contributed by atoms with E-state index < -0.39 is 5.60 Å². The minimum atomic E-state index is -0.636. The summed E-state index contributed by atoms with van der Waals surface area (Å²) < 4.78 is 11.0. The molecule has 1 fully saturated rings. The molecule has 5 heteroatoms. The van der Waals surface area contributed by atoms with Crippen molar-refractivity contribution in [2.45, 2.75) is 64.5 Å². The molecular formula is C20H27NO4. The summed E-state index contributed by atoms with van der Waals surface area (Å²) in [6.07, 6.45) is 11.0. The van der Waals surface area contributed by atoms with Gasteiger partial charge < -0.3 is 14.1 Å². The van der Waals surface area contributed by atoms with Crippen LogP contribution in [-0.4, -0.2) is 28.7 Å². The van der Waals surface area contributed by atoms with E-state index in [1.165, 1.54) is 25.3 Å². The molecule has 3 rings (SSSR count). The van der Waals surface area contributed by atoms with Crippen molar-refractivity contribution in [2.24, 2.45) is 5.92 Å². The van der Waals surface area contributed by atoms with Gasteiger partial charge in [0.05, 0.1) is 12.5 Å². The van der Waals surface area contributed by atoms with E-state index in [4.69, 9.17) is 9.15 Å². The second-order valence-corrected chi connectivity index (χ2v) is 7.83. The normalized spacial score (nSPS) is 20.7. The van der Waals surface area contributed by atoms with E-state index in [9.17, 15) is 9.59 Å². The molecule has 0 unspecified atom stereocenters. The summed E-state index contributed by atoms with van der Waals surface area (Å²) in [6.45, 7) is 4.85. The van der Waals surface area contributed by atoms with Gasteiger partial charge in [0.1, 0.15) is 5.60 Å². The average Bonchev–Trinajstić information content (AvgIpc) is 3.06. The number of rotatable bonds is 5. The number of carbonyl (C=O) groups is 2. The van der Waals surface area contributed by atoms with Gasteiger partial charge in [-0.15, -0.1) is 0 Å². The summed E-state index contributed by atoms with van der Waals surface area (Å²) in [6, 6.07) is 1.87. The number of furan rings is 1. The highest BCUT2D eigenvalue weighted by Gasteiger charge is 2.34. The Labute approximate surface area is 149 Å². The third kappa shape index (κ3) is 4.74. The van der Waals surface area contributed by atoms with E-state index in [2.05, 4.69) is 0 Å². The van der Waals surface area contributed by atoms with Crippen LogP contribution in [0, 0.1) is 5.92 Å². The summed E-state index contributed by atoms with van der Waals surface area (Å²) in [7, 11) is 0. The summed E-state index contributed by atoms with van der Waals surface area (Å²) in [5.74, 6) is 0.423. The highest BCUT2D eigenvalue weighted by molar-refractivity contribution is 6.01. The fourth-order valence-corrected chi connectivity index (χ4v) is 3.74. The first-order valence-electron chi connectivity index (χ1n) is 9.17. The fourth-order valence-electron chi connectivity index (χ4n) is 3.74. The summed E-state index contributed by atoms with van der Waals surface area (Å²) >= 11 is 0. The van der Waals surface area contributed by atoms with Gasteiger partial charge in [0, 0.05) is 31.1 Å². The maximum atomic E-state index is 13.1. The number of nitrogens with zero attached hydrogens (tertiary/aromatic N) is 1. The van der Waals surface area contributed by atoms with E-state index in [1.54, 1.807) is 17.4 Å². The Morgan fingerprint density at radius 1 is 1.28 bits per heavy atom. The molecule has 1 saturated carbocycles. The lowest BCUT2D eigenvalue weighted by atomic mass is 9.88. The van der Waals surface area contributed by atoms with Gasteiger partial charge >= 0.3 is 0 Å². The molecule has 0 N–H and O–H groups in total. The second-order valence-electron chi connectivity index (χ2n) is 7.83. The Morgan fingerprint density at radius 2 is 2.04 bits per heavy atom. The van der Waals surface area contributed by atoms with Gasteiger partial charge in [0.2, 0.25) is 0 Å². The van der Waals surface area contributed by atoms with Crippen LogP contribution in [0.3, 0.4) is 0 Å². The molecule has 2 aliphatic rings. The predicted molar refractivity (Wildman–Crippen MR) is 93.6 cm³/mol. The largest absolute Gasteiger partial charge is 0.481 e. The predicted octanol–water partition coefficient (Wildman–Crippen LogP) is 3.84. The Balaban J connectivity index is 1.77. The minimum absolute atomic E-state index is 0.0551. The zero-order valence-corrected chi connectivity index (χ0v) is 15.1. The molecule has 0 saturated heterocycles. The first-order valence-corrected chi connectivity index (χ1v) is 9.17. The molecule has 1 aliphatic carbocycles. The standard InChI is InChI=1S/C20H27NO4/c1-20(2)11-17(22)10-18(25-20)19(23)21(13-16-8-9-24-14-16)12-15-6-4-3-5-7-15/h8-10,14-15H,3-7,11-13H2,1-2H3. The Morgan fingerprint density at radius 3 is 2.68 bits per heavy atom. The van der Waals surface area contributed by atoms with Crippen LogP contribution in [0.25, 0.3) is 0 Å². The van der Waals surface area contributed by atoms with Crippen molar-refractivity contribution in [1.29, 1.82) is 0 Å². The van der Waals surface area contributed by atoms with Crippen molar-refractivity contribution in [3.05, 3.63) is 36.0 Å². The molecule has 1 amide bonds. The monoisotopic (exact) mass is 345 g/mol. The van der Waals surface area contributed by atoms with Crippen molar-refractivity contribution in [2.75, 3.05) is 6.54 Å². The first kappa shape index (κ1) is 17.8. The Hall–Kier alpha value is -2.04. The highest BCUT2D eigenvalue weighted by Crippen LogP contribution is 2.29. The van der Waals surface area contributed by atoms with Gasteiger partial charge in [0.15, 0.2) is 11.5 Å². The molecule has 5 nitrogen and oxygen atoms in total. The molecule has 25 heavy (non-hydrogen) atoms. The zero-order chi connectivity index (χ0) is 17.9. The van der Waals surface area contributed by atoms with Crippen LogP contribution < -0.4 is 0 Å². The number of ether oxygens (including phenoxy) is 1. The molecule has 1 aromatic rings. The van der Waals surface area contributed by atoms with E-state index in [-0.39, 0.29) is 17.4 Å². The van der Waals surface area contributed by atoms with E-state index >= 15 is 0 Å². The lowest BCUT2D eigenvalue weighted by Gasteiger charge is -2.34. The topological polar surface area (TPSA) is 59.8 Å². The number of hydrogen-bond donors (Lipinski definition) is 0. The average molecular weight is 345 g/mol.